The van der Waals surface area contributed by atoms with Crippen LogP contribution in [0.25, 0.3) is 0 Å². The first kappa shape index (κ1) is 25.7. The van der Waals surface area contributed by atoms with E-state index in [2.05, 4.69) is 29.5 Å². The summed E-state index contributed by atoms with van der Waals surface area (Å²) in [5, 5.41) is 0. The normalized spacial score (nSPS) is 11.3. The lowest BCUT2D eigenvalue weighted by Crippen LogP contribution is -1.84. The molecule has 25 heavy (non-hydrogen) atoms. The van der Waals surface area contributed by atoms with Crippen LogP contribution in [0.3, 0.4) is 0 Å². The molecule has 0 atom stereocenters. The molecule has 0 spiro atoms. The molecule has 0 aliphatic heterocycles. The minimum absolute atomic E-state index is 1.34. The number of rotatable bonds is 22. The van der Waals surface area contributed by atoms with Crippen LogP contribution in [-0.2, 0) is 0 Å². The Kier molecular flexibility index (Phi) is 25.5. The molecule has 1 heteroatoms. The van der Waals surface area contributed by atoms with Crippen molar-refractivity contribution in [2.75, 3.05) is 4.43 Å². The second kappa shape index (κ2) is 24.7. The first-order chi connectivity index (χ1) is 12.4. The van der Waals surface area contributed by atoms with E-state index >= 15 is 0 Å². The molecule has 0 aliphatic rings. The van der Waals surface area contributed by atoms with Crippen LogP contribution in [0, 0.1) is 0 Å². The van der Waals surface area contributed by atoms with E-state index < -0.39 is 0 Å². The Balaban J connectivity index is 2.94. The van der Waals surface area contributed by atoms with Crippen LogP contribution in [0.4, 0.5) is 0 Å². The molecule has 152 valence electrons. The number of halogens is 1. The van der Waals surface area contributed by atoms with Gasteiger partial charge in [0, 0.05) is 0 Å². The first-order valence-corrected chi connectivity index (χ1v) is 13.5. The highest BCUT2D eigenvalue weighted by Crippen LogP contribution is 2.15. The summed E-state index contributed by atoms with van der Waals surface area (Å²) in [6.07, 6.45) is 32.5. The predicted octanol–water partition coefficient (Wildman–Crippen LogP) is 10.0. The van der Waals surface area contributed by atoms with Crippen molar-refractivity contribution >= 4 is 22.6 Å². The van der Waals surface area contributed by atoms with Gasteiger partial charge in [-0.3, -0.25) is 0 Å². The molecule has 0 aromatic carbocycles. The molecule has 0 amide bonds. The first-order valence-electron chi connectivity index (χ1n) is 12.0. The van der Waals surface area contributed by atoms with Crippen molar-refractivity contribution in [3.63, 3.8) is 0 Å². The van der Waals surface area contributed by atoms with E-state index in [0.717, 1.165) is 0 Å². The van der Waals surface area contributed by atoms with Crippen molar-refractivity contribution in [3.05, 3.63) is 0 Å². The lowest BCUT2D eigenvalue weighted by molar-refractivity contribution is 0.520. The van der Waals surface area contributed by atoms with Gasteiger partial charge in [-0.05, 0) is 10.8 Å². The van der Waals surface area contributed by atoms with Crippen LogP contribution >= 0.6 is 22.6 Å². The molecule has 0 unspecified atom stereocenters. The van der Waals surface area contributed by atoms with Gasteiger partial charge in [-0.25, -0.2) is 0 Å². The smallest absolute Gasteiger partial charge is 0.000473 e. The SMILES string of the molecule is CCCCCCCCCCCCCCCCCCCCCCCCI. The fraction of sp³-hybridized carbons (Fsp3) is 1.00. The van der Waals surface area contributed by atoms with Crippen molar-refractivity contribution in [3.8, 4) is 0 Å². The molecule has 0 heterocycles. The van der Waals surface area contributed by atoms with E-state index in [1.54, 1.807) is 0 Å². The van der Waals surface area contributed by atoms with Gasteiger partial charge in [0.15, 0.2) is 0 Å². The summed E-state index contributed by atoms with van der Waals surface area (Å²) in [5.74, 6) is 0. The van der Waals surface area contributed by atoms with Gasteiger partial charge in [-0.15, -0.1) is 0 Å². The summed E-state index contributed by atoms with van der Waals surface area (Å²) < 4.78 is 1.34. The maximum atomic E-state index is 2.49. The Morgan fingerprint density at radius 1 is 0.320 bits per heavy atom. The fourth-order valence-corrected chi connectivity index (χ4v) is 4.24. The summed E-state index contributed by atoms with van der Waals surface area (Å²) in [7, 11) is 0. The van der Waals surface area contributed by atoms with Crippen molar-refractivity contribution in [1.29, 1.82) is 0 Å². The molecule has 0 aliphatic carbocycles. The van der Waals surface area contributed by atoms with Crippen LogP contribution in [0.5, 0.6) is 0 Å². The third kappa shape index (κ3) is 24.7. The van der Waals surface area contributed by atoms with Gasteiger partial charge in [0.2, 0.25) is 0 Å². The van der Waals surface area contributed by atoms with Crippen LogP contribution in [0.2, 0.25) is 0 Å². The summed E-state index contributed by atoms with van der Waals surface area (Å²) in [6, 6.07) is 0. The molecular formula is C24H49I. The summed E-state index contributed by atoms with van der Waals surface area (Å²) in [5.41, 5.74) is 0. The molecule has 0 N–H and O–H groups in total. The Morgan fingerprint density at radius 2 is 0.520 bits per heavy atom. The van der Waals surface area contributed by atoms with Gasteiger partial charge in [0.25, 0.3) is 0 Å². The molecule has 0 aromatic rings. The largest absolute Gasteiger partial charge is 0.0864 e. The summed E-state index contributed by atoms with van der Waals surface area (Å²) in [6.45, 7) is 2.30. The zero-order valence-corrected chi connectivity index (χ0v) is 19.8. The fourth-order valence-electron chi connectivity index (χ4n) is 3.70. The molecule has 0 aromatic heterocycles. The molecule has 0 rings (SSSR count). The van der Waals surface area contributed by atoms with Crippen molar-refractivity contribution < 1.29 is 0 Å². The second-order valence-electron chi connectivity index (χ2n) is 8.11. The van der Waals surface area contributed by atoms with E-state index in [9.17, 15) is 0 Å². The zero-order chi connectivity index (χ0) is 18.3. The highest BCUT2D eigenvalue weighted by molar-refractivity contribution is 14.1. The van der Waals surface area contributed by atoms with E-state index in [1.165, 1.54) is 146 Å². The average molecular weight is 465 g/mol. The summed E-state index contributed by atoms with van der Waals surface area (Å²) in [4.78, 5) is 0. The van der Waals surface area contributed by atoms with Gasteiger partial charge >= 0.3 is 0 Å². The van der Waals surface area contributed by atoms with Crippen molar-refractivity contribution in [1.82, 2.24) is 0 Å². The monoisotopic (exact) mass is 464 g/mol. The molecule has 0 bridgehead atoms. The van der Waals surface area contributed by atoms with Gasteiger partial charge < -0.3 is 0 Å². The average Bonchev–Trinajstić information content (AvgIpc) is 2.63. The van der Waals surface area contributed by atoms with E-state index in [0.29, 0.717) is 0 Å². The molecule has 0 nitrogen and oxygen atoms in total. The standard InChI is InChI=1S/C24H49I/c1-2-3-4-5-6-7-8-9-10-11-12-13-14-15-16-17-18-19-20-21-22-23-24-25/h2-24H2,1H3. The predicted molar refractivity (Wildman–Crippen MR) is 126 cm³/mol. The number of unbranched alkanes of at least 4 members (excludes halogenated alkanes) is 21. The Bertz CT molecular complexity index is 192. The van der Waals surface area contributed by atoms with Crippen molar-refractivity contribution in [2.24, 2.45) is 0 Å². The van der Waals surface area contributed by atoms with Crippen LogP contribution < -0.4 is 0 Å². The minimum atomic E-state index is 1.34. The summed E-state index contributed by atoms with van der Waals surface area (Å²) >= 11 is 2.49. The molecule has 0 fully saturated rings. The minimum Gasteiger partial charge on any atom is -0.0864 e. The molecule has 0 radical (unpaired) electrons. The van der Waals surface area contributed by atoms with Crippen LogP contribution in [-0.4, -0.2) is 4.43 Å². The highest BCUT2D eigenvalue weighted by Gasteiger charge is 1.95. The van der Waals surface area contributed by atoms with E-state index in [1.807, 2.05) is 0 Å². The van der Waals surface area contributed by atoms with Crippen LogP contribution in [0.15, 0.2) is 0 Å². The molecule has 0 saturated carbocycles. The quantitative estimate of drug-likeness (QED) is 0.0849. The zero-order valence-electron chi connectivity index (χ0n) is 17.6. The number of alkyl halides is 1. The second-order valence-corrected chi connectivity index (χ2v) is 9.19. The highest BCUT2D eigenvalue weighted by atomic mass is 127. The molecular weight excluding hydrogens is 415 g/mol. The van der Waals surface area contributed by atoms with Gasteiger partial charge in [0.1, 0.15) is 0 Å². The van der Waals surface area contributed by atoms with Crippen molar-refractivity contribution in [2.45, 2.75) is 148 Å². The Morgan fingerprint density at radius 3 is 0.720 bits per heavy atom. The maximum absolute atomic E-state index is 2.49. The number of hydrogen-bond acceptors (Lipinski definition) is 0. The number of hydrogen-bond donors (Lipinski definition) is 0. The van der Waals surface area contributed by atoms with Gasteiger partial charge in [0.05, 0.1) is 0 Å². The van der Waals surface area contributed by atoms with E-state index in [-0.39, 0.29) is 0 Å². The van der Waals surface area contributed by atoms with E-state index in [4.69, 9.17) is 0 Å². The lowest BCUT2D eigenvalue weighted by atomic mass is 10.0. The molecule has 0 saturated heterocycles. The Labute approximate surface area is 174 Å². The third-order valence-electron chi connectivity index (χ3n) is 5.49. The third-order valence-corrected chi connectivity index (χ3v) is 6.25. The van der Waals surface area contributed by atoms with Gasteiger partial charge in [-0.1, -0.05) is 164 Å². The van der Waals surface area contributed by atoms with Crippen LogP contribution in [0.1, 0.15) is 148 Å². The Hall–Kier alpha value is 0.730. The lowest BCUT2D eigenvalue weighted by Gasteiger charge is -2.04. The van der Waals surface area contributed by atoms with Gasteiger partial charge in [-0.2, -0.15) is 0 Å². The maximum Gasteiger partial charge on any atom is -0.000473 e. The topological polar surface area (TPSA) is 0 Å².